The second-order valence-corrected chi connectivity index (χ2v) is 17.6. The van der Waals surface area contributed by atoms with Crippen LogP contribution in [0, 0.1) is 5.92 Å². The summed E-state index contributed by atoms with van der Waals surface area (Å²) in [6, 6.07) is 4.77. The summed E-state index contributed by atoms with van der Waals surface area (Å²) in [5.41, 5.74) is 4.23. The van der Waals surface area contributed by atoms with Crippen molar-refractivity contribution in [3.8, 4) is 5.75 Å². The van der Waals surface area contributed by atoms with E-state index in [0.29, 0.717) is 12.0 Å². The van der Waals surface area contributed by atoms with Gasteiger partial charge < -0.3 is 14.3 Å². The quantitative estimate of drug-likeness (QED) is 0.377. The van der Waals surface area contributed by atoms with Crippen molar-refractivity contribution >= 4 is 8.32 Å². The zero-order chi connectivity index (χ0) is 23.9. The minimum atomic E-state index is -1.80. The van der Waals surface area contributed by atoms with Crippen molar-refractivity contribution in [3.63, 3.8) is 0 Å². The Balaban J connectivity index is 1.86. The molecule has 2 aliphatic rings. The average Bonchev–Trinajstić information content (AvgIpc) is 3.28. The van der Waals surface area contributed by atoms with Crippen LogP contribution in [0.5, 0.6) is 5.75 Å². The maximum atomic E-state index is 9.76. The maximum absolute atomic E-state index is 9.76. The Labute approximate surface area is 198 Å². The smallest absolute Gasteiger partial charge is 0.192 e. The molecule has 3 rings (SSSR count). The summed E-state index contributed by atoms with van der Waals surface area (Å²) in [6.07, 6.45) is 7.00. The lowest BCUT2D eigenvalue weighted by Gasteiger charge is -2.39. The number of benzene rings is 1. The highest BCUT2D eigenvalue weighted by Gasteiger charge is 2.51. The molecule has 1 aliphatic heterocycles. The molecule has 0 saturated heterocycles. The van der Waals surface area contributed by atoms with Crippen molar-refractivity contribution in [2.45, 2.75) is 122 Å². The van der Waals surface area contributed by atoms with Gasteiger partial charge in [0.25, 0.3) is 0 Å². The lowest BCUT2D eigenvalue weighted by Crippen LogP contribution is -2.44. The first-order valence-corrected chi connectivity index (χ1v) is 15.8. The molecule has 0 amide bonds. The van der Waals surface area contributed by atoms with Gasteiger partial charge in [0.15, 0.2) is 8.32 Å². The van der Waals surface area contributed by atoms with Crippen LogP contribution in [0.15, 0.2) is 12.1 Å². The van der Waals surface area contributed by atoms with E-state index in [1.807, 2.05) is 0 Å². The lowest BCUT2D eigenvalue weighted by atomic mass is 9.81. The molecule has 32 heavy (non-hydrogen) atoms. The van der Waals surface area contributed by atoms with Gasteiger partial charge in [0.2, 0.25) is 0 Å². The number of ether oxygens (including phenoxy) is 1. The summed E-state index contributed by atoms with van der Waals surface area (Å²) >= 11 is 0. The van der Waals surface area contributed by atoms with Gasteiger partial charge in [-0.2, -0.15) is 0 Å². The molecule has 182 valence electrons. The zero-order valence-corrected chi connectivity index (χ0v) is 23.2. The third-order valence-corrected chi connectivity index (χ3v) is 13.2. The first kappa shape index (κ1) is 25.8. The Hall–Kier alpha value is -0.843. The van der Waals surface area contributed by atoms with E-state index in [1.54, 1.807) is 0 Å². The maximum Gasteiger partial charge on any atom is 0.192 e. The first-order chi connectivity index (χ1) is 14.7. The van der Waals surface area contributed by atoms with Crippen LogP contribution in [0.3, 0.4) is 0 Å². The molecule has 1 aromatic rings. The van der Waals surface area contributed by atoms with Crippen LogP contribution in [0.4, 0.5) is 0 Å². The summed E-state index contributed by atoms with van der Waals surface area (Å²) in [5.74, 6) is 1.50. The van der Waals surface area contributed by atoms with E-state index in [1.165, 1.54) is 29.5 Å². The molecule has 3 nitrogen and oxygen atoms in total. The number of fused-ring (bicyclic) bond motifs is 1. The molecule has 1 heterocycles. The fourth-order valence-electron chi connectivity index (χ4n) is 4.88. The molecular weight excluding hydrogens is 412 g/mol. The van der Waals surface area contributed by atoms with E-state index in [-0.39, 0.29) is 22.5 Å². The third-order valence-electron chi connectivity index (χ3n) is 8.65. The molecular formula is C28H48O3Si. The van der Waals surface area contributed by atoms with Crippen molar-refractivity contribution in [3.05, 3.63) is 28.8 Å². The summed E-state index contributed by atoms with van der Waals surface area (Å²) in [7, 11) is -1.80. The third kappa shape index (κ3) is 5.13. The van der Waals surface area contributed by atoms with Crippen molar-refractivity contribution in [1.29, 1.82) is 0 Å². The molecule has 1 unspecified atom stereocenters. The zero-order valence-electron chi connectivity index (χ0n) is 22.2. The van der Waals surface area contributed by atoms with Gasteiger partial charge >= 0.3 is 0 Å². The Morgan fingerprint density at radius 3 is 2.44 bits per heavy atom. The molecule has 0 radical (unpaired) electrons. The number of aryl methyl sites for hydroxylation is 1. The Morgan fingerprint density at radius 2 is 1.88 bits per heavy atom. The number of rotatable bonds is 10. The standard InChI is InChI=1S/C28H48O3Si/c1-10-11-12-23(31-32(8,9)26(2,3)4)14-13-20-15-21(28(7)17-22(28)18-29)16-24-25(20)30-19-27(24,5)6/h15-16,22-23,29H,10-14,17-19H2,1-9H3/t22-,23?,28-/m1/s1. The number of hydrogen-bond donors (Lipinski definition) is 1. The van der Waals surface area contributed by atoms with Gasteiger partial charge in [0.1, 0.15) is 5.75 Å². The Bertz CT molecular complexity index is 808. The molecule has 0 aromatic heterocycles. The van der Waals surface area contributed by atoms with Crippen LogP contribution in [-0.2, 0) is 21.7 Å². The van der Waals surface area contributed by atoms with Crippen LogP contribution >= 0.6 is 0 Å². The van der Waals surface area contributed by atoms with Crippen LogP contribution in [0.2, 0.25) is 18.1 Å². The molecule has 0 bridgehead atoms. The van der Waals surface area contributed by atoms with Gasteiger partial charge in [-0.1, -0.05) is 73.4 Å². The van der Waals surface area contributed by atoms with Gasteiger partial charge in [0.05, 0.1) is 6.61 Å². The second-order valence-electron chi connectivity index (χ2n) is 12.9. The Kier molecular flexibility index (Phi) is 7.31. The normalized spacial score (nSPS) is 25.4. The second kappa shape index (κ2) is 9.07. The van der Waals surface area contributed by atoms with Crippen molar-refractivity contribution < 1.29 is 14.3 Å². The molecule has 4 heteroatoms. The van der Waals surface area contributed by atoms with E-state index in [9.17, 15) is 5.11 Å². The van der Waals surface area contributed by atoms with Crippen LogP contribution < -0.4 is 4.74 Å². The lowest BCUT2D eigenvalue weighted by molar-refractivity contribution is 0.158. The summed E-state index contributed by atoms with van der Waals surface area (Å²) in [4.78, 5) is 0. The molecule has 1 aliphatic carbocycles. The molecule has 1 saturated carbocycles. The fraction of sp³-hybridized carbons (Fsp3) is 0.786. The van der Waals surface area contributed by atoms with E-state index < -0.39 is 8.32 Å². The van der Waals surface area contributed by atoms with E-state index in [0.717, 1.165) is 38.0 Å². The highest BCUT2D eigenvalue weighted by atomic mass is 28.4. The molecule has 1 fully saturated rings. The summed E-state index contributed by atoms with van der Waals surface area (Å²) < 4.78 is 13.2. The van der Waals surface area contributed by atoms with Gasteiger partial charge in [0, 0.05) is 23.7 Å². The molecule has 0 spiro atoms. The largest absolute Gasteiger partial charge is 0.492 e. The van der Waals surface area contributed by atoms with Gasteiger partial charge in [-0.15, -0.1) is 0 Å². The van der Waals surface area contributed by atoms with Crippen molar-refractivity contribution in [2.24, 2.45) is 5.92 Å². The monoisotopic (exact) mass is 460 g/mol. The molecule has 1 N–H and O–H groups in total. The molecule has 1 aromatic carbocycles. The average molecular weight is 461 g/mol. The van der Waals surface area contributed by atoms with Crippen LogP contribution in [-0.4, -0.2) is 32.7 Å². The van der Waals surface area contributed by atoms with Crippen LogP contribution in [0.25, 0.3) is 0 Å². The highest BCUT2D eigenvalue weighted by Crippen LogP contribution is 2.56. The molecule has 3 atom stereocenters. The minimum Gasteiger partial charge on any atom is -0.492 e. The number of hydrogen-bond acceptors (Lipinski definition) is 3. The van der Waals surface area contributed by atoms with E-state index in [4.69, 9.17) is 9.16 Å². The number of aliphatic hydroxyl groups excluding tert-OH is 1. The van der Waals surface area contributed by atoms with Crippen molar-refractivity contribution in [1.82, 2.24) is 0 Å². The van der Waals surface area contributed by atoms with E-state index in [2.05, 4.69) is 73.7 Å². The van der Waals surface area contributed by atoms with E-state index >= 15 is 0 Å². The van der Waals surface area contributed by atoms with Gasteiger partial charge in [-0.05, 0) is 66.3 Å². The topological polar surface area (TPSA) is 38.7 Å². The predicted octanol–water partition coefficient (Wildman–Crippen LogP) is 7.14. The SMILES string of the molecule is CCCCC(CCc1cc([C@@]2(C)C[C@@H]2CO)cc2c1OCC2(C)C)O[Si](C)(C)C(C)(C)C. The van der Waals surface area contributed by atoms with Gasteiger partial charge in [-0.3, -0.25) is 0 Å². The highest BCUT2D eigenvalue weighted by molar-refractivity contribution is 6.74. The first-order valence-electron chi connectivity index (χ1n) is 12.8. The number of unbranched alkanes of at least 4 members (excludes halogenated alkanes) is 1. The minimum absolute atomic E-state index is 0.0410. The Morgan fingerprint density at radius 1 is 1.19 bits per heavy atom. The van der Waals surface area contributed by atoms with Crippen LogP contribution in [0.1, 0.15) is 97.3 Å². The van der Waals surface area contributed by atoms with Gasteiger partial charge in [-0.25, -0.2) is 0 Å². The fourth-order valence-corrected chi connectivity index (χ4v) is 6.31. The predicted molar refractivity (Wildman–Crippen MR) is 137 cm³/mol. The summed E-state index contributed by atoms with van der Waals surface area (Å²) in [5, 5.41) is 9.99. The number of aliphatic hydroxyl groups is 1. The van der Waals surface area contributed by atoms with Crippen molar-refractivity contribution in [2.75, 3.05) is 13.2 Å². The summed E-state index contributed by atoms with van der Waals surface area (Å²) in [6.45, 7) is 21.9.